The van der Waals surface area contributed by atoms with Crippen molar-refractivity contribution in [3.63, 3.8) is 0 Å². The third-order valence-electron chi connectivity index (χ3n) is 4.44. The first-order valence-corrected chi connectivity index (χ1v) is 7.57. The van der Waals surface area contributed by atoms with Gasteiger partial charge < -0.3 is 9.88 Å². The van der Waals surface area contributed by atoms with E-state index in [1.165, 1.54) is 43.0 Å². The summed E-state index contributed by atoms with van der Waals surface area (Å²) in [6.07, 6.45) is 6.38. The van der Waals surface area contributed by atoms with Crippen molar-refractivity contribution in [3.05, 3.63) is 17.2 Å². The second-order valence-electron chi connectivity index (χ2n) is 6.02. The molecule has 1 aromatic heterocycles. The highest BCUT2D eigenvalue weighted by Gasteiger charge is 2.29. The van der Waals surface area contributed by atoms with Gasteiger partial charge in [0.05, 0.1) is 5.69 Å². The predicted octanol–water partition coefficient (Wildman–Crippen LogP) is 2.53. The molecule has 2 heterocycles. The molecule has 1 fully saturated rings. The summed E-state index contributed by atoms with van der Waals surface area (Å²) in [6.45, 7) is 7.95. The molecule has 1 aliphatic carbocycles. The summed E-state index contributed by atoms with van der Waals surface area (Å²) in [4.78, 5) is 4.87. The summed E-state index contributed by atoms with van der Waals surface area (Å²) in [5, 5.41) is 3.44. The molecule has 3 heteroatoms. The van der Waals surface area contributed by atoms with Crippen LogP contribution in [0.3, 0.4) is 0 Å². The fraction of sp³-hybridized carbons (Fsp3) is 0.800. The Morgan fingerprint density at radius 2 is 2.28 bits per heavy atom. The summed E-state index contributed by atoms with van der Waals surface area (Å²) in [7, 11) is 0. The number of imidazole rings is 1. The van der Waals surface area contributed by atoms with Crippen molar-refractivity contribution in [2.75, 3.05) is 6.54 Å². The molecule has 1 aliphatic heterocycles. The lowest BCUT2D eigenvalue weighted by atomic mass is 10.1. The van der Waals surface area contributed by atoms with Crippen LogP contribution in [0.4, 0.5) is 0 Å². The highest BCUT2D eigenvalue weighted by molar-refractivity contribution is 5.20. The van der Waals surface area contributed by atoms with Crippen LogP contribution in [-0.2, 0) is 25.9 Å². The van der Waals surface area contributed by atoms with Crippen LogP contribution in [0.1, 0.15) is 50.3 Å². The number of hydrogen-bond acceptors (Lipinski definition) is 2. The zero-order valence-electron chi connectivity index (χ0n) is 11.7. The number of nitrogens with one attached hydrogen (secondary N) is 1. The number of rotatable bonds is 5. The van der Waals surface area contributed by atoms with Gasteiger partial charge in [-0.15, -0.1) is 0 Å². The first-order chi connectivity index (χ1) is 8.79. The van der Waals surface area contributed by atoms with E-state index in [-0.39, 0.29) is 0 Å². The number of nitrogens with zero attached hydrogens (tertiary/aromatic N) is 2. The van der Waals surface area contributed by atoms with Crippen LogP contribution in [0.2, 0.25) is 0 Å². The standard InChI is InChI=1S/C15H25N3/c1-3-4-15-17-13-9-16-8-7-14(13)18(15)10-11(2)12-5-6-12/h11-12,16H,3-10H2,1-2H3. The Balaban J connectivity index is 1.85. The van der Waals surface area contributed by atoms with Gasteiger partial charge in [-0.05, 0) is 31.1 Å². The molecule has 0 radical (unpaired) electrons. The van der Waals surface area contributed by atoms with Crippen molar-refractivity contribution in [1.82, 2.24) is 14.9 Å². The minimum atomic E-state index is 0.828. The Morgan fingerprint density at radius 1 is 1.44 bits per heavy atom. The highest BCUT2D eigenvalue weighted by atomic mass is 15.1. The van der Waals surface area contributed by atoms with E-state index in [2.05, 4.69) is 23.7 Å². The fourth-order valence-electron chi connectivity index (χ4n) is 3.16. The maximum absolute atomic E-state index is 4.87. The zero-order valence-corrected chi connectivity index (χ0v) is 11.7. The van der Waals surface area contributed by atoms with Gasteiger partial charge in [-0.1, -0.05) is 13.8 Å². The molecule has 1 saturated carbocycles. The Morgan fingerprint density at radius 3 is 3.00 bits per heavy atom. The molecule has 0 saturated heterocycles. The first kappa shape index (κ1) is 12.2. The van der Waals surface area contributed by atoms with Crippen LogP contribution in [0.5, 0.6) is 0 Å². The molecular weight excluding hydrogens is 222 g/mol. The minimum Gasteiger partial charge on any atom is -0.331 e. The second kappa shape index (κ2) is 5.04. The summed E-state index contributed by atoms with van der Waals surface area (Å²) < 4.78 is 2.56. The normalized spacial score (nSPS) is 20.8. The van der Waals surface area contributed by atoms with Crippen LogP contribution in [0, 0.1) is 11.8 Å². The van der Waals surface area contributed by atoms with Crippen LogP contribution < -0.4 is 5.32 Å². The largest absolute Gasteiger partial charge is 0.331 e. The van der Waals surface area contributed by atoms with Gasteiger partial charge >= 0.3 is 0 Å². The fourth-order valence-corrected chi connectivity index (χ4v) is 3.16. The summed E-state index contributed by atoms with van der Waals surface area (Å²) in [6, 6.07) is 0. The molecular formula is C15H25N3. The quantitative estimate of drug-likeness (QED) is 0.866. The van der Waals surface area contributed by atoms with Crippen molar-refractivity contribution in [2.45, 2.75) is 59.0 Å². The molecule has 0 spiro atoms. The molecule has 3 nitrogen and oxygen atoms in total. The summed E-state index contributed by atoms with van der Waals surface area (Å²) in [5.74, 6) is 3.15. The van der Waals surface area contributed by atoms with E-state index in [4.69, 9.17) is 4.98 Å². The smallest absolute Gasteiger partial charge is 0.109 e. The lowest BCUT2D eigenvalue weighted by molar-refractivity contribution is 0.411. The Bertz CT molecular complexity index is 418. The summed E-state index contributed by atoms with van der Waals surface area (Å²) >= 11 is 0. The molecule has 2 aliphatic rings. The van der Waals surface area contributed by atoms with Gasteiger partial charge in [0, 0.05) is 38.2 Å². The first-order valence-electron chi connectivity index (χ1n) is 7.57. The van der Waals surface area contributed by atoms with E-state index in [0.29, 0.717) is 0 Å². The van der Waals surface area contributed by atoms with Crippen molar-refractivity contribution in [2.24, 2.45) is 11.8 Å². The zero-order chi connectivity index (χ0) is 12.5. The van der Waals surface area contributed by atoms with Gasteiger partial charge in [0.15, 0.2) is 0 Å². The van der Waals surface area contributed by atoms with Gasteiger partial charge in [-0.25, -0.2) is 4.98 Å². The van der Waals surface area contributed by atoms with E-state index in [9.17, 15) is 0 Å². The monoisotopic (exact) mass is 247 g/mol. The SMILES string of the molecule is CCCc1nc2c(n1CC(C)C1CC1)CCNC2. The molecule has 3 rings (SSSR count). The molecule has 1 atom stereocenters. The maximum Gasteiger partial charge on any atom is 0.109 e. The van der Waals surface area contributed by atoms with Gasteiger partial charge in [-0.3, -0.25) is 0 Å². The Hall–Kier alpha value is -0.830. The van der Waals surface area contributed by atoms with Gasteiger partial charge in [0.2, 0.25) is 0 Å². The minimum absolute atomic E-state index is 0.828. The number of hydrogen-bond donors (Lipinski definition) is 1. The number of fused-ring (bicyclic) bond motifs is 1. The number of aromatic nitrogens is 2. The molecule has 18 heavy (non-hydrogen) atoms. The molecule has 100 valence electrons. The van der Waals surface area contributed by atoms with Crippen LogP contribution in [-0.4, -0.2) is 16.1 Å². The molecule has 0 bridgehead atoms. The molecule has 0 amide bonds. The van der Waals surface area contributed by atoms with Crippen molar-refractivity contribution in [1.29, 1.82) is 0 Å². The van der Waals surface area contributed by atoms with Crippen LogP contribution in [0.25, 0.3) is 0 Å². The average Bonchev–Trinajstić information content (AvgIpc) is 3.16. The topological polar surface area (TPSA) is 29.9 Å². The molecule has 1 unspecified atom stereocenters. The van der Waals surface area contributed by atoms with Crippen LogP contribution >= 0.6 is 0 Å². The van der Waals surface area contributed by atoms with Gasteiger partial charge in [-0.2, -0.15) is 0 Å². The average molecular weight is 247 g/mol. The highest BCUT2D eigenvalue weighted by Crippen LogP contribution is 2.37. The van der Waals surface area contributed by atoms with E-state index in [1.54, 1.807) is 0 Å². The van der Waals surface area contributed by atoms with Crippen molar-refractivity contribution in [3.8, 4) is 0 Å². The Kier molecular flexibility index (Phi) is 3.42. The lowest BCUT2D eigenvalue weighted by Gasteiger charge is -2.19. The van der Waals surface area contributed by atoms with Crippen molar-refractivity contribution >= 4 is 0 Å². The lowest BCUT2D eigenvalue weighted by Crippen LogP contribution is -2.26. The second-order valence-corrected chi connectivity index (χ2v) is 6.02. The van der Waals surface area contributed by atoms with Crippen LogP contribution in [0.15, 0.2) is 0 Å². The van der Waals surface area contributed by atoms with Gasteiger partial charge in [0.1, 0.15) is 5.82 Å². The Labute approximate surface area is 110 Å². The number of aryl methyl sites for hydroxylation is 1. The van der Waals surface area contributed by atoms with E-state index < -0.39 is 0 Å². The van der Waals surface area contributed by atoms with E-state index >= 15 is 0 Å². The van der Waals surface area contributed by atoms with Gasteiger partial charge in [0.25, 0.3) is 0 Å². The maximum atomic E-state index is 4.87. The molecule has 0 aromatic carbocycles. The summed E-state index contributed by atoms with van der Waals surface area (Å²) in [5.41, 5.74) is 2.83. The third kappa shape index (κ3) is 2.33. The third-order valence-corrected chi connectivity index (χ3v) is 4.44. The molecule has 1 aromatic rings. The molecule has 1 N–H and O–H groups in total. The van der Waals surface area contributed by atoms with Crippen molar-refractivity contribution < 1.29 is 0 Å². The van der Waals surface area contributed by atoms with E-state index in [1.807, 2.05) is 0 Å². The van der Waals surface area contributed by atoms with E-state index in [0.717, 1.165) is 37.8 Å². The predicted molar refractivity (Wildman–Crippen MR) is 73.5 cm³/mol.